The number of carbonyl (C=O) groups excluding carboxylic acids is 2. The summed E-state index contributed by atoms with van der Waals surface area (Å²) < 4.78 is 38.0. The minimum atomic E-state index is -0.781. The van der Waals surface area contributed by atoms with Crippen LogP contribution in [0, 0.1) is 11.7 Å². The maximum atomic E-state index is 15.1. The Hall–Kier alpha value is -4.29. The van der Waals surface area contributed by atoms with Gasteiger partial charge in [0.25, 0.3) is 0 Å². The number of hydrogen-bond acceptors (Lipinski definition) is 8. The lowest BCUT2D eigenvalue weighted by Crippen LogP contribution is -2.79. The highest BCUT2D eigenvalue weighted by molar-refractivity contribution is 6.35. The Labute approximate surface area is 299 Å². The maximum absolute atomic E-state index is 15.1. The summed E-state index contributed by atoms with van der Waals surface area (Å²) in [6, 6.07) is 15.2. The normalized spacial score (nSPS) is 20.5. The number of fused-ring (bicyclic) bond motifs is 3. The first-order valence-corrected chi connectivity index (χ1v) is 17.2. The maximum Gasteiger partial charge on any atom is 0.415 e. The highest BCUT2D eigenvalue weighted by atomic mass is 35.5. The van der Waals surface area contributed by atoms with Gasteiger partial charge in [-0.15, -0.1) is 0 Å². The second kappa shape index (κ2) is 15.7. The van der Waals surface area contributed by atoms with E-state index >= 15 is 4.39 Å². The van der Waals surface area contributed by atoms with Crippen molar-refractivity contribution in [1.29, 1.82) is 0 Å². The van der Waals surface area contributed by atoms with E-state index in [1.807, 2.05) is 5.32 Å². The number of aromatic hydroxyl groups is 1. The largest absolute Gasteiger partial charge is 0.508 e. The molecule has 0 saturated carbocycles. The molecule has 0 aliphatic carbocycles. The summed E-state index contributed by atoms with van der Waals surface area (Å²) in [7, 11) is 3.06. The quantitative estimate of drug-likeness (QED) is 0.224. The molecule has 7 rings (SSSR count). The predicted octanol–water partition coefficient (Wildman–Crippen LogP) is 6.22. The molecule has 0 radical (unpaired) electrons. The van der Waals surface area contributed by atoms with Crippen LogP contribution in [0.1, 0.15) is 46.9 Å². The average molecular weight is 728 g/mol. The number of rotatable bonds is 11. The molecule has 13 heteroatoms. The second-order valence-corrected chi connectivity index (χ2v) is 13.4. The van der Waals surface area contributed by atoms with E-state index in [0.29, 0.717) is 51.4 Å². The van der Waals surface area contributed by atoms with Crippen LogP contribution in [0.5, 0.6) is 17.2 Å². The number of allylic oxidation sites excluding steroid dienone is 1. The molecule has 4 heterocycles. The van der Waals surface area contributed by atoms with E-state index in [2.05, 4.69) is 4.90 Å². The fourth-order valence-electron chi connectivity index (χ4n) is 6.61. The Morgan fingerprint density at radius 3 is 2.42 bits per heavy atom. The fraction of sp³-hybridized carbons (Fsp3) is 0.351. The summed E-state index contributed by atoms with van der Waals surface area (Å²) >= 11 is 13.1. The van der Waals surface area contributed by atoms with E-state index in [9.17, 15) is 14.7 Å². The molecule has 3 saturated heterocycles. The van der Waals surface area contributed by atoms with Crippen molar-refractivity contribution < 1.29 is 43.4 Å². The van der Waals surface area contributed by atoms with E-state index in [4.69, 9.17) is 42.1 Å². The number of anilines is 1. The summed E-state index contributed by atoms with van der Waals surface area (Å²) in [4.78, 5) is 30.6. The molecular weight excluding hydrogens is 688 g/mol. The summed E-state index contributed by atoms with van der Waals surface area (Å²) in [6.07, 6.45) is 2.07. The van der Waals surface area contributed by atoms with Gasteiger partial charge in [-0.2, -0.15) is 0 Å². The molecule has 3 aromatic rings. The Morgan fingerprint density at radius 2 is 1.76 bits per heavy atom. The Bertz CT molecular complexity index is 1790. The topological polar surface area (TPSA) is 114 Å². The number of methoxy groups -OCH3 is 2. The first-order valence-electron chi connectivity index (χ1n) is 16.4. The Balaban J connectivity index is 1.22. The lowest BCUT2D eigenvalue weighted by atomic mass is 9.86. The zero-order valence-electron chi connectivity index (χ0n) is 27.7. The summed E-state index contributed by atoms with van der Waals surface area (Å²) in [5.74, 6) is -0.238. The van der Waals surface area contributed by atoms with Crippen molar-refractivity contribution in [2.75, 3.05) is 45.3 Å². The zero-order chi connectivity index (χ0) is 35.4. The first-order chi connectivity index (χ1) is 24.1. The van der Waals surface area contributed by atoms with Gasteiger partial charge in [0.15, 0.2) is 11.5 Å². The zero-order valence-corrected chi connectivity index (χ0v) is 29.3. The third kappa shape index (κ3) is 8.02. The third-order valence-electron chi connectivity index (χ3n) is 9.41. The number of nitrogens with two attached hydrogens (primary N) is 1. The highest BCUT2D eigenvalue weighted by Gasteiger charge is 2.38. The molecular formula is C37H39Cl2FN3O7+. The predicted molar refractivity (Wildman–Crippen MR) is 186 cm³/mol. The molecule has 0 unspecified atom stereocenters. The smallest absolute Gasteiger partial charge is 0.415 e. The number of halogens is 3. The van der Waals surface area contributed by atoms with Gasteiger partial charge in [-0.1, -0.05) is 41.4 Å². The molecule has 2 bridgehead atoms. The van der Waals surface area contributed by atoms with E-state index in [-0.39, 0.29) is 42.0 Å². The molecule has 1 amide bonds. The Kier molecular flexibility index (Phi) is 11.2. The van der Waals surface area contributed by atoms with Crippen molar-refractivity contribution in [2.24, 2.45) is 5.92 Å². The SMILES string of the molecule is COc1ccc([C@H](CC2=C(Cl)C[NH2+]C=C2Cl)OC(=O)c2ccc(CN(C(=O)O[C@H]3CN4CCC3CC4)c3cc(O)ccc3F)cc2)cc1OC. The highest BCUT2D eigenvalue weighted by Crippen LogP contribution is 2.38. The molecule has 0 spiro atoms. The number of phenolic OH excluding ortho intramolecular Hbond substituents is 1. The number of nitrogens with zero attached hydrogens (tertiary/aromatic N) is 2. The molecule has 3 N–H and O–H groups in total. The van der Waals surface area contributed by atoms with Crippen LogP contribution >= 0.6 is 23.2 Å². The van der Waals surface area contributed by atoms with Crippen molar-refractivity contribution in [3.63, 3.8) is 0 Å². The molecule has 0 aromatic heterocycles. The van der Waals surface area contributed by atoms with Crippen LogP contribution < -0.4 is 19.7 Å². The molecule has 50 heavy (non-hydrogen) atoms. The number of piperidine rings is 3. The van der Waals surface area contributed by atoms with Gasteiger partial charge in [-0.3, -0.25) is 9.80 Å². The molecule has 4 aliphatic rings. The van der Waals surface area contributed by atoms with E-state index in [1.54, 1.807) is 48.7 Å². The van der Waals surface area contributed by atoms with Gasteiger partial charge < -0.3 is 29.4 Å². The van der Waals surface area contributed by atoms with E-state index in [1.165, 1.54) is 31.3 Å². The van der Waals surface area contributed by atoms with Crippen LogP contribution in [-0.2, 0) is 16.0 Å². The minimum Gasteiger partial charge on any atom is -0.508 e. The van der Waals surface area contributed by atoms with Gasteiger partial charge in [-0.05, 0) is 79.4 Å². The van der Waals surface area contributed by atoms with E-state index < -0.39 is 24.0 Å². The van der Waals surface area contributed by atoms with Crippen molar-refractivity contribution in [1.82, 2.24) is 4.90 Å². The standard InChI is InChI=1S/C37H38Cl2FN3O7/c1-47-32-10-7-25(15-34(32)48-2)33(17-27-28(38)18-41-19-29(27)39)49-36(45)24-5-3-22(4-6-24)20-43(31-16-26(44)8-9-30(31)40)37(46)50-35-21-42-13-11-23(35)12-14-42/h3-10,15-16,18,23,33,35,41,44H,11-14,17,19-21H2,1-2H3/p+1/t33-,35-/m0/s1. The monoisotopic (exact) mass is 726 g/mol. The van der Waals surface area contributed by atoms with Crippen LogP contribution in [0.4, 0.5) is 14.9 Å². The van der Waals surface area contributed by atoms with Gasteiger partial charge in [0.2, 0.25) is 0 Å². The number of quaternary nitrogens is 1. The summed E-state index contributed by atoms with van der Waals surface area (Å²) in [5.41, 5.74) is 2.05. The van der Waals surface area contributed by atoms with Crippen molar-refractivity contribution in [3.05, 3.63) is 105 Å². The number of ether oxygens (including phenoxy) is 4. The van der Waals surface area contributed by atoms with Crippen LogP contribution in [-0.4, -0.2) is 68.6 Å². The molecule has 3 aromatic carbocycles. The van der Waals surface area contributed by atoms with Crippen LogP contribution in [0.2, 0.25) is 0 Å². The van der Waals surface area contributed by atoms with Gasteiger partial charge in [0.1, 0.15) is 36.5 Å². The number of amides is 1. The second-order valence-electron chi connectivity index (χ2n) is 12.5. The van der Waals surface area contributed by atoms with E-state index in [0.717, 1.165) is 32.0 Å². The van der Waals surface area contributed by atoms with Gasteiger partial charge >= 0.3 is 12.1 Å². The van der Waals surface area contributed by atoms with Gasteiger partial charge in [-0.25, -0.2) is 14.0 Å². The fourth-order valence-corrected chi connectivity index (χ4v) is 7.21. The first kappa shape index (κ1) is 35.5. The molecule has 264 valence electrons. The van der Waals surface area contributed by atoms with Crippen LogP contribution in [0.15, 0.2) is 82.5 Å². The number of carbonyl (C=O) groups is 2. The number of hydrogen-bond donors (Lipinski definition) is 2. The average Bonchev–Trinajstić information content (AvgIpc) is 3.13. The molecule has 4 aliphatic heterocycles. The molecule has 2 atom stereocenters. The third-order valence-corrected chi connectivity index (χ3v) is 10.2. The minimum absolute atomic E-state index is 0.0710. The van der Waals surface area contributed by atoms with Gasteiger partial charge in [0, 0.05) is 24.6 Å². The molecule has 10 nitrogen and oxygen atoms in total. The van der Waals surface area contributed by atoms with Crippen molar-refractivity contribution in [3.8, 4) is 17.2 Å². The van der Waals surface area contributed by atoms with Crippen molar-refractivity contribution in [2.45, 2.75) is 38.0 Å². The molecule has 3 fully saturated rings. The Morgan fingerprint density at radius 1 is 1.02 bits per heavy atom. The lowest BCUT2D eigenvalue weighted by molar-refractivity contribution is -0.580. The van der Waals surface area contributed by atoms with Crippen LogP contribution in [0.3, 0.4) is 0 Å². The van der Waals surface area contributed by atoms with Crippen LogP contribution in [0.25, 0.3) is 0 Å². The number of phenols is 1. The number of benzene rings is 3. The lowest BCUT2D eigenvalue weighted by Gasteiger charge is -2.44. The number of esters is 1. The summed E-state index contributed by atoms with van der Waals surface area (Å²) in [5, 5.41) is 13.0. The van der Waals surface area contributed by atoms with Gasteiger partial charge in [0.05, 0.1) is 42.1 Å². The van der Waals surface area contributed by atoms with Crippen molar-refractivity contribution >= 4 is 41.0 Å². The summed E-state index contributed by atoms with van der Waals surface area (Å²) in [6.45, 7) is 3.03.